The van der Waals surface area contributed by atoms with Gasteiger partial charge in [-0.15, -0.1) is 0 Å². The number of nitrogens with zero attached hydrogens (tertiary/aromatic N) is 1. The highest BCUT2D eigenvalue weighted by molar-refractivity contribution is 9.10. The molecular formula is C26H30BrNO2Si. The van der Waals surface area contributed by atoms with Gasteiger partial charge in [0.05, 0.1) is 11.3 Å². The number of fused-ring (bicyclic) bond motifs is 1. The molecule has 0 N–H and O–H groups in total. The van der Waals surface area contributed by atoms with Crippen molar-refractivity contribution in [3.8, 4) is 5.69 Å². The summed E-state index contributed by atoms with van der Waals surface area (Å²) in [6.07, 6.45) is 4.27. The molecule has 0 bridgehead atoms. The predicted molar refractivity (Wildman–Crippen MR) is 133 cm³/mol. The number of halogens is 1. The first-order valence-corrected chi connectivity index (χ1v) is 12.5. The van der Waals surface area contributed by atoms with Crippen LogP contribution in [0, 0.1) is 0 Å². The third-order valence-corrected chi connectivity index (χ3v) is 7.95. The Hall–Kier alpha value is -1.69. The number of aromatic nitrogens is 1. The van der Waals surface area contributed by atoms with Crippen molar-refractivity contribution < 1.29 is 4.43 Å². The Bertz CT molecular complexity index is 1200. The zero-order valence-corrected chi connectivity index (χ0v) is 21.8. The first-order valence-electron chi connectivity index (χ1n) is 10.8. The topological polar surface area (TPSA) is 31.2 Å². The van der Waals surface area contributed by atoms with Gasteiger partial charge in [-0.25, -0.2) is 0 Å². The van der Waals surface area contributed by atoms with Gasteiger partial charge in [-0.2, -0.15) is 0 Å². The highest BCUT2D eigenvalue weighted by Gasteiger charge is 2.39. The molecule has 2 radical (unpaired) electrons. The summed E-state index contributed by atoms with van der Waals surface area (Å²) in [7, 11) is 0.341. The number of hydrogen-bond acceptors (Lipinski definition) is 2. The normalized spacial score (nSPS) is 16.0. The Balaban J connectivity index is 1.86. The molecule has 2 aromatic carbocycles. The summed E-state index contributed by atoms with van der Waals surface area (Å²) in [5, 5.41) is 1.83. The van der Waals surface area contributed by atoms with Gasteiger partial charge in [0.2, 0.25) is 9.76 Å². The van der Waals surface area contributed by atoms with Crippen LogP contribution in [0.3, 0.4) is 0 Å². The summed E-state index contributed by atoms with van der Waals surface area (Å²) in [6, 6.07) is 14.4. The van der Waals surface area contributed by atoms with Crippen LogP contribution in [0.15, 0.2) is 57.9 Å². The third-order valence-electron chi connectivity index (χ3n) is 6.07. The zero-order valence-electron chi connectivity index (χ0n) is 19.2. The van der Waals surface area contributed by atoms with E-state index < -0.39 is 5.60 Å². The van der Waals surface area contributed by atoms with Gasteiger partial charge in [0.15, 0.2) is 0 Å². The molecular weight excluding hydrogens is 466 g/mol. The molecule has 3 aromatic rings. The highest BCUT2D eigenvalue weighted by Crippen LogP contribution is 2.48. The molecule has 4 rings (SSSR count). The van der Waals surface area contributed by atoms with Crippen molar-refractivity contribution in [3.63, 3.8) is 0 Å². The van der Waals surface area contributed by atoms with Gasteiger partial charge < -0.3 is 4.43 Å². The molecule has 1 aliphatic rings. The summed E-state index contributed by atoms with van der Waals surface area (Å²) in [5.74, 6) is 0. The molecule has 5 heteroatoms. The van der Waals surface area contributed by atoms with Crippen LogP contribution >= 0.6 is 15.9 Å². The van der Waals surface area contributed by atoms with Crippen LogP contribution in [0.25, 0.3) is 16.5 Å². The SMILES string of the molecule is CC(C)(C)[Si]OC(C)(C)c1c(Br)cccc1-n1ccc2ccc(C3(C)CC3)cc2c1=O. The van der Waals surface area contributed by atoms with Crippen LogP contribution in [0.2, 0.25) is 5.04 Å². The van der Waals surface area contributed by atoms with Crippen molar-refractivity contribution in [1.29, 1.82) is 0 Å². The summed E-state index contributed by atoms with van der Waals surface area (Å²) in [4.78, 5) is 13.6. The Morgan fingerprint density at radius 2 is 1.77 bits per heavy atom. The van der Waals surface area contributed by atoms with E-state index in [2.05, 4.69) is 75.7 Å². The van der Waals surface area contributed by atoms with Gasteiger partial charge in [0.25, 0.3) is 5.56 Å². The predicted octanol–water partition coefficient (Wildman–Crippen LogP) is 6.89. The van der Waals surface area contributed by atoms with Crippen LogP contribution < -0.4 is 5.56 Å². The van der Waals surface area contributed by atoms with Gasteiger partial charge in [-0.3, -0.25) is 9.36 Å². The Labute approximate surface area is 195 Å². The molecule has 1 heterocycles. The highest BCUT2D eigenvalue weighted by atomic mass is 79.9. The minimum Gasteiger partial charge on any atom is -0.408 e. The van der Waals surface area contributed by atoms with Crippen molar-refractivity contribution in [3.05, 3.63) is 74.6 Å². The minimum absolute atomic E-state index is 0.0111. The molecule has 1 aliphatic carbocycles. The molecule has 31 heavy (non-hydrogen) atoms. The lowest BCUT2D eigenvalue weighted by atomic mass is 9.95. The van der Waals surface area contributed by atoms with Crippen molar-refractivity contribution in [2.75, 3.05) is 0 Å². The van der Waals surface area contributed by atoms with Crippen LogP contribution in [0.1, 0.15) is 65.5 Å². The van der Waals surface area contributed by atoms with Crippen LogP contribution in [-0.4, -0.2) is 14.3 Å². The molecule has 0 aliphatic heterocycles. The third kappa shape index (κ3) is 4.46. The average molecular weight is 497 g/mol. The van der Waals surface area contributed by atoms with Gasteiger partial charge in [0.1, 0.15) is 0 Å². The molecule has 162 valence electrons. The molecule has 0 amide bonds. The summed E-state index contributed by atoms with van der Waals surface area (Å²) < 4.78 is 9.12. The largest absolute Gasteiger partial charge is 0.408 e. The fraction of sp³-hybridized carbons (Fsp3) is 0.423. The number of benzene rings is 2. The second-order valence-electron chi connectivity index (χ2n) is 10.5. The summed E-state index contributed by atoms with van der Waals surface area (Å²) in [6.45, 7) is 13.0. The van der Waals surface area contributed by atoms with Crippen molar-refractivity contribution in [2.45, 2.75) is 70.4 Å². The Morgan fingerprint density at radius 3 is 2.42 bits per heavy atom. The minimum atomic E-state index is -0.557. The van der Waals surface area contributed by atoms with E-state index in [-0.39, 0.29) is 16.0 Å². The molecule has 1 fully saturated rings. The quantitative estimate of drug-likeness (QED) is 0.360. The lowest BCUT2D eigenvalue weighted by molar-refractivity contribution is 0.108. The second kappa shape index (κ2) is 7.71. The fourth-order valence-electron chi connectivity index (χ4n) is 3.92. The van der Waals surface area contributed by atoms with Crippen LogP contribution in [0.4, 0.5) is 0 Å². The Morgan fingerprint density at radius 1 is 1.06 bits per heavy atom. The second-order valence-corrected chi connectivity index (χ2v) is 13.2. The lowest BCUT2D eigenvalue weighted by Crippen LogP contribution is -2.30. The monoisotopic (exact) mass is 495 g/mol. The van der Waals surface area contributed by atoms with Gasteiger partial charge in [0, 0.05) is 21.6 Å². The van der Waals surface area contributed by atoms with Crippen molar-refractivity contribution >= 4 is 36.5 Å². The number of hydrogen-bond donors (Lipinski definition) is 0. The Kier molecular flexibility index (Phi) is 5.60. The smallest absolute Gasteiger partial charge is 0.262 e. The maximum atomic E-state index is 13.6. The maximum absolute atomic E-state index is 13.6. The average Bonchev–Trinajstić information content (AvgIpc) is 3.44. The van der Waals surface area contributed by atoms with E-state index in [1.165, 1.54) is 18.4 Å². The van der Waals surface area contributed by atoms with Gasteiger partial charge in [-0.1, -0.05) is 61.8 Å². The van der Waals surface area contributed by atoms with E-state index in [9.17, 15) is 4.79 Å². The fourth-order valence-corrected chi connectivity index (χ4v) is 5.42. The van der Waals surface area contributed by atoms with Gasteiger partial charge in [-0.05, 0) is 72.4 Å². The molecule has 0 atom stereocenters. The van der Waals surface area contributed by atoms with E-state index in [0.29, 0.717) is 9.76 Å². The van der Waals surface area contributed by atoms with Crippen molar-refractivity contribution in [1.82, 2.24) is 4.57 Å². The molecule has 1 saturated carbocycles. The van der Waals surface area contributed by atoms with Crippen LogP contribution in [0.5, 0.6) is 0 Å². The lowest BCUT2D eigenvalue weighted by Gasteiger charge is -2.32. The molecule has 3 nitrogen and oxygen atoms in total. The zero-order chi connectivity index (χ0) is 22.6. The molecule has 0 spiro atoms. The maximum Gasteiger partial charge on any atom is 0.262 e. The number of rotatable bonds is 5. The molecule has 0 saturated heterocycles. The first kappa shape index (κ1) is 22.5. The molecule has 1 aromatic heterocycles. The standard InChI is InChI=1S/C26H30BrNO2Si/c1-24(2,3)31-30-25(4,5)22-20(27)8-7-9-21(22)28-15-12-17-10-11-18(26(6)13-14-26)16-19(17)23(28)29/h7-12,15-16H,13-14H2,1-6H3. The van der Waals surface area contributed by atoms with E-state index in [0.717, 1.165) is 26.5 Å². The summed E-state index contributed by atoms with van der Waals surface area (Å²) >= 11 is 3.73. The van der Waals surface area contributed by atoms with Gasteiger partial charge >= 0.3 is 0 Å². The molecule has 0 unspecified atom stereocenters. The van der Waals surface area contributed by atoms with E-state index in [1.54, 1.807) is 4.57 Å². The van der Waals surface area contributed by atoms with E-state index >= 15 is 0 Å². The van der Waals surface area contributed by atoms with E-state index in [1.807, 2.05) is 30.5 Å². The summed E-state index contributed by atoms with van der Waals surface area (Å²) in [5.41, 5.74) is 2.79. The number of pyridine rings is 1. The first-order chi connectivity index (χ1) is 14.4. The van der Waals surface area contributed by atoms with Crippen LogP contribution in [-0.2, 0) is 15.4 Å². The van der Waals surface area contributed by atoms with Crippen molar-refractivity contribution in [2.24, 2.45) is 0 Å². The van der Waals surface area contributed by atoms with E-state index in [4.69, 9.17) is 4.43 Å².